The van der Waals surface area contributed by atoms with Crippen LogP contribution in [0.4, 0.5) is 0 Å². The molecule has 152 valence electrons. The summed E-state index contributed by atoms with van der Waals surface area (Å²) in [6, 6.07) is 4.38. The largest absolute Gasteiger partial charge is 0.493 e. The number of methoxy groups -OCH3 is 2. The third-order valence-corrected chi connectivity index (χ3v) is 5.41. The van der Waals surface area contributed by atoms with Gasteiger partial charge < -0.3 is 14.8 Å². The van der Waals surface area contributed by atoms with Gasteiger partial charge in [0.25, 0.3) is 0 Å². The molecule has 0 aromatic heterocycles. The lowest BCUT2D eigenvalue weighted by Gasteiger charge is -2.43. The third-order valence-electron chi connectivity index (χ3n) is 5.41. The normalized spacial score (nSPS) is 18.3. The zero-order valence-corrected chi connectivity index (χ0v) is 18.0. The molecule has 2 unspecified atom stereocenters. The first kappa shape index (κ1) is 21.5. The van der Waals surface area contributed by atoms with Crippen molar-refractivity contribution in [3.05, 3.63) is 23.3 Å². The molecule has 2 atom stereocenters. The molecule has 1 aliphatic heterocycles. The van der Waals surface area contributed by atoms with Gasteiger partial charge in [0.2, 0.25) is 5.91 Å². The lowest BCUT2D eigenvalue weighted by molar-refractivity contribution is -0.123. The van der Waals surface area contributed by atoms with Gasteiger partial charge in [-0.2, -0.15) is 0 Å². The number of hydrogen-bond donors (Lipinski definition) is 1. The van der Waals surface area contributed by atoms with Crippen molar-refractivity contribution in [2.45, 2.75) is 59.5 Å². The standard InChI is InChI=1S/C22H36N2O3/c1-8-24-10-9-16-12-18(26-6)19(27-7)13-17(16)22(24)21(15(4)5)23-20(25)11-14(2)3/h12-15,21-22H,8-11H2,1-7H3,(H,23,25). The molecule has 27 heavy (non-hydrogen) atoms. The van der Waals surface area contributed by atoms with Crippen molar-refractivity contribution in [3.63, 3.8) is 0 Å². The molecule has 1 amide bonds. The SMILES string of the molecule is CCN1CCc2cc(OC)c(OC)cc2C1C(NC(=O)CC(C)C)C(C)C. The summed E-state index contributed by atoms with van der Waals surface area (Å²) in [5.41, 5.74) is 2.52. The lowest BCUT2D eigenvalue weighted by atomic mass is 9.83. The number of carbonyl (C=O) groups excluding carboxylic acids is 1. The van der Waals surface area contributed by atoms with Gasteiger partial charge in [-0.3, -0.25) is 9.69 Å². The van der Waals surface area contributed by atoms with Crippen LogP contribution in [0.25, 0.3) is 0 Å². The van der Waals surface area contributed by atoms with E-state index in [1.54, 1.807) is 14.2 Å². The van der Waals surface area contributed by atoms with Crippen LogP contribution < -0.4 is 14.8 Å². The number of benzene rings is 1. The van der Waals surface area contributed by atoms with Crippen LogP contribution in [0, 0.1) is 11.8 Å². The highest BCUT2D eigenvalue weighted by atomic mass is 16.5. The summed E-state index contributed by atoms with van der Waals surface area (Å²) in [4.78, 5) is 15.0. The fraction of sp³-hybridized carbons (Fsp3) is 0.682. The predicted octanol–water partition coefficient (Wildman–Crippen LogP) is 3.81. The van der Waals surface area contributed by atoms with E-state index in [2.05, 4.69) is 57.0 Å². The Balaban J connectivity index is 2.46. The van der Waals surface area contributed by atoms with Crippen LogP contribution >= 0.6 is 0 Å². The van der Waals surface area contributed by atoms with Gasteiger partial charge in [-0.25, -0.2) is 0 Å². The maximum absolute atomic E-state index is 12.6. The molecule has 0 aliphatic carbocycles. The smallest absolute Gasteiger partial charge is 0.220 e. The second-order valence-corrected chi connectivity index (χ2v) is 8.16. The lowest BCUT2D eigenvalue weighted by Crippen LogP contribution is -2.51. The van der Waals surface area contributed by atoms with E-state index in [4.69, 9.17) is 9.47 Å². The maximum Gasteiger partial charge on any atom is 0.220 e. The molecule has 2 rings (SSSR count). The fourth-order valence-electron chi connectivity index (χ4n) is 4.03. The number of nitrogens with one attached hydrogen (secondary N) is 1. The average Bonchev–Trinajstić information content (AvgIpc) is 2.63. The molecular weight excluding hydrogens is 340 g/mol. The van der Waals surface area contributed by atoms with Crippen LogP contribution in [0.15, 0.2) is 12.1 Å². The summed E-state index contributed by atoms with van der Waals surface area (Å²) < 4.78 is 11.1. The summed E-state index contributed by atoms with van der Waals surface area (Å²) in [6.45, 7) is 12.6. The number of ether oxygens (including phenoxy) is 2. The summed E-state index contributed by atoms with van der Waals surface area (Å²) in [7, 11) is 3.34. The van der Waals surface area contributed by atoms with Gasteiger partial charge >= 0.3 is 0 Å². The molecule has 1 heterocycles. The van der Waals surface area contributed by atoms with E-state index >= 15 is 0 Å². The van der Waals surface area contributed by atoms with Crippen LogP contribution in [0.2, 0.25) is 0 Å². The van der Waals surface area contributed by atoms with Crippen LogP contribution in [-0.4, -0.2) is 44.2 Å². The highest BCUT2D eigenvalue weighted by molar-refractivity contribution is 5.76. The molecular formula is C22H36N2O3. The number of hydrogen-bond acceptors (Lipinski definition) is 4. The molecule has 0 fully saturated rings. The van der Waals surface area contributed by atoms with E-state index in [1.807, 2.05) is 0 Å². The van der Waals surface area contributed by atoms with Crippen molar-refractivity contribution in [3.8, 4) is 11.5 Å². The Kier molecular flexibility index (Phi) is 7.54. The monoisotopic (exact) mass is 376 g/mol. The Hall–Kier alpha value is -1.75. The van der Waals surface area contributed by atoms with E-state index in [-0.39, 0.29) is 18.0 Å². The first-order chi connectivity index (χ1) is 12.8. The molecule has 0 spiro atoms. The van der Waals surface area contributed by atoms with E-state index in [0.717, 1.165) is 31.0 Å². The van der Waals surface area contributed by atoms with Gasteiger partial charge in [0.15, 0.2) is 11.5 Å². The van der Waals surface area contributed by atoms with Crippen molar-refractivity contribution in [1.82, 2.24) is 10.2 Å². The van der Waals surface area contributed by atoms with Crippen LogP contribution in [-0.2, 0) is 11.2 Å². The quantitative estimate of drug-likeness (QED) is 0.750. The number of fused-ring (bicyclic) bond motifs is 1. The molecule has 0 saturated heterocycles. The van der Waals surface area contributed by atoms with Gasteiger partial charge in [-0.1, -0.05) is 34.6 Å². The molecule has 0 saturated carbocycles. The minimum Gasteiger partial charge on any atom is -0.493 e. The van der Waals surface area contributed by atoms with Crippen LogP contribution in [0.3, 0.4) is 0 Å². The summed E-state index contributed by atoms with van der Waals surface area (Å²) in [5, 5.41) is 3.34. The van der Waals surface area contributed by atoms with Crippen LogP contribution in [0.5, 0.6) is 11.5 Å². The summed E-state index contributed by atoms with van der Waals surface area (Å²) in [6.07, 6.45) is 1.53. The predicted molar refractivity (Wildman–Crippen MR) is 109 cm³/mol. The molecule has 1 aromatic rings. The van der Waals surface area contributed by atoms with Crippen molar-refractivity contribution < 1.29 is 14.3 Å². The van der Waals surface area contributed by atoms with E-state index in [0.29, 0.717) is 18.3 Å². The Morgan fingerprint density at radius 2 is 1.81 bits per heavy atom. The van der Waals surface area contributed by atoms with E-state index in [1.165, 1.54) is 11.1 Å². The van der Waals surface area contributed by atoms with Gasteiger partial charge in [-0.15, -0.1) is 0 Å². The molecule has 0 radical (unpaired) electrons. The second-order valence-electron chi connectivity index (χ2n) is 8.16. The van der Waals surface area contributed by atoms with Crippen molar-refractivity contribution in [1.29, 1.82) is 0 Å². The Morgan fingerprint density at radius 1 is 1.19 bits per heavy atom. The number of rotatable bonds is 8. The molecule has 1 aliphatic rings. The molecule has 5 heteroatoms. The Morgan fingerprint density at radius 3 is 2.33 bits per heavy atom. The van der Waals surface area contributed by atoms with Crippen molar-refractivity contribution in [2.24, 2.45) is 11.8 Å². The van der Waals surface area contributed by atoms with E-state index in [9.17, 15) is 4.79 Å². The van der Waals surface area contributed by atoms with Gasteiger partial charge in [0.1, 0.15) is 0 Å². The third kappa shape index (κ3) is 4.95. The number of likely N-dealkylation sites (N-methyl/N-ethyl adjacent to an activating group) is 1. The molecule has 1 N–H and O–H groups in total. The first-order valence-corrected chi connectivity index (χ1v) is 10.1. The number of nitrogens with zero attached hydrogens (tertiary/aromatic N) is 1. The first-order valence-electron chi connectivity index (χ1n) is 10.1. The maximum atomic E-state index is 12.6. The van der Waals surface area contributed by atoms with Crippen LogP contribution in [0.1, 0.15) is 58.2 Å². The highest BCUT2D eigenvalue weighted by Gasteiger charge is 2.36. The highest BCUT2D eigenvalue weighted by Crippen LogP contribution is 2.40. The van der Waals surface area contributed by atoms with Crippen molar-refractivity contribution in [2.75, 3.05) is 27.3 Å². The Labute approximate surface area is 164 Å². The second kappa shape index (κ2) is 9.45. The van der Waals surface area contributed by atoms with Gasteiger partial charge in [0.05, 0.1) is 26.3 Å². The summed E-state index contributed by atoms with van der Waals surface area (Å²) in [5.74, 6) is 2.31. The zero-order chi connectivity index (χ0) is 20.1. The van der Waals surface area contributed by atoms with Gasteiger partial charge in [-0.05, 0) is 48.1 Å². The molecule has 0 bridgehead atoms. The zero-order valence-electron chi connectivity index (χ0n) is 18.0. The molecule has 5 nitrogen and oxygen atoms in total. The fourth-order valence-corrected chi connectivity index (χ4v) is 4.03. The minimum atomic E-state index is 0.0494. The van der Waals surface area contributed by atoms with E-state index < -0.39 is 0 Å². The van der Waals surface area contributed by atoms with Crippen molar-refractivity contribution >= 4 is 5.91 Å². The van der Waals surface area contributed by atoms with Gasteiger partial charge in [0, 0.05) is 13.0 Å². The Bertz CT molecular complexity index is 643. The number of carbonyl (C=O) groups is 1. The topological polar surface area (TPSA) is 50.8 Å². The minimum absolute atomic E-state index is 0.0494. The average molecular weight is 377 g/mol. The molecule has 1 aromatic carbocycles. The number of amides is 1. The summed E-state index contributed by atoms with van der Waals surface area (Å²) >= 11 is 0.